The van der Waals surface area contributed by atoms with Crippen molar-refractivity contribution in [1.82, 2.24) is 14.7 Å². The van der Waals surface area contributed by atoms with Crippen LogP contribution in [0.15, 0.2) is 30.3 Å². The van der Waals surface area contributed by atoms with E-state index in [9.17, 15) is 14.7 Å². The lowest BCUT2D eigenvalue weighted by Crippen LogP contribution is -2.51. The number of likely N-dealkylation sites (N-methyl/N-ethyl adjacent to an activating group) is 1. The van der Waals surface area contributed by atoms with E-state index < -0.39 is 12.2 Å². The van der Waals surface area contributed by atoms with E-state index in [0.29, 0.717) is 13.0 Å². The second kappa shape index (κ2) is 10.2. The summed E-state index contributed by atoms with van der Waals surface area (Å²) in [5, 5.41) is 10.3. The van der Waals surface area contributed by atoms with Crippen LogP contribution in [0.1, 0.15) is 31.7 Å². The minimum atomic E-state index is -0.794. The van der Waals surface area contributed by atoms with Crippen molar-refractivity contribution in [2.75, 3.05) is 39.8 Å². The van der Waals surface area contributed by atoms with E-state index in [1.54, 1.807) is 18.9 Å². The van der Waals surface area contributed by atoms with Crippen LogP contribution in [0.3, 0.4) is 0 Å². The zero-order valence-electron chi connectivity index (χ0n) is 17.5. The zero-order valence-corrected chi connectivity index (χ0v) is 17.5. The summed E-state index contributed by atoms with van der Waals surface area (Å²) in [6.45, 7) is 6.28. The van der Waals surface area contributed by atoms with Crippen LogP contribution in [0.2, 0.25) is 0 Å². The summed E-state index contributed by atoms with van der Waals surface area (Å²) in [7, 11) is 1.75. The van der Waals surface area contributed by atoms with E-state index in [0.717, 1.165) is 51.1 Å². The Kier molecular flexibility index (Phi) is 7.64. The second-order valence-electron chi connectivity index (χ2n) is 8.14. The van der Waals surface area contributed by atoms with Gasteiger partial charge in [0.05, 0.1) is 12.2 Å². The molecule has 3 rings (SSSR count). The topological polar surface area (TPSA) is 73.3 Å². The van der Waals surface area contributed by atoms with Crippen molar-refractivity contribution < 1.29 is 19.4 Å². The zero-order chi connectivity index (χ0) is 20.8. The van der Waals surface area contributed by atoms with E-state index in [4.69, 9.17) is 4.74 Å². The van der Waals surface area contributed by atoms with Gasteiger partial charge in [-0.2, -0.15) is 0 Å². The first-order chi connectivity index (χ1) is 13.9. The van der Waals surface area contributed by atoms with Crippen molar-refractivity contribution in [3.05, 3.63) is 35.9 Å². The molecule has 0 radical (unpaired) electrons. The highest BCUT2D eigenvalue weighted by molar-refractivity contribution is 5.81. The Morgan fingerprint density at radius 1 is 1.14 bits per heavy atom. The van der Waals surface area contributed by atoms with E-state index in [2.05, 4.69) is 4.90 Å². The Bertz CT molecular complexity index is 676. The molecule has 2 aliphatic rings. The lowest BCUT2D eigenvalue weighted by atomic mass is 9.98. The van der Waals surface area contributed by atoms with Gasteiger partial charge in [-0.1, -0.05) is 30.3 Å². The van der Waals surface area contributed by atoms with Gasteiger partial charge in [0.25, 0.3) is 5.91 Å². The first-order valence-electron chi connectivity index (χ1n) is 10.5. The van der Waals surface area contributed by atoms with Crippen molar-refractivity contribution in [3.63, 3.8) is 0 Å². The third-order valence-corrected chi connectivity index (χ3v) is 5.94. The molecule has 0 bridgehead atoms. The Hall–Kier alpha value is -1.96. The van der Waals surface area contributed by atoms with Crippen molar-refractivity contribution in [1.29, 1.82) is 0 Å². The molecule has 160 valence electrons. The molecule has 2 aliphatic heterocycles. The molecular weight excluding hydrogens is 370 g/mol. The van der Waals surface area contributed by atoms with Crippen LogP contribution < -0.4 is 0 Å². The molecule has 0 saturated carbocycles. The first-order valence-corrected chi connectivity index (χ1v) is 10.5. The average molecular weight is 404 g/mol. The molecule has 0 aromatic heterocycles. The first kappa shape index (κ1) is 21.7. The smallest absolute Gasteiger partial charge is 0.254 e. The van der Waals surface area contributed by atoms with Crippen LogP contribution in [0.25, 0.3) is 0 Å². The van der Waals surface area contributed by atoms with Crippen LogP contribution in [0.4, 0.5) is 0 Å². The maximum Gasteiger partial charge on any atom is 0.254 e. The number of rotatable bonds is 6. The highest BCUT2D eigenvalue weighted by atomic mass is 16.5. The van der Waals surface area contributed by atoms with E-state index >= 15 is 0 Å². The number of hydrogen-bond donors (Lipinski definition) is 1. The summed E-state index contributed by atoms with van der Waals surface area (Å²) in [6, 6.07) is 9.81. The number of benzene rings is 1. The van der Waals surface area contributed by atoms with Crippen LogP contribution >= 0.6 is 0 Å². The van der Waals surface area contributed by atoms with Gasteiger partial charge in [-0.3, -0.25) is 14.5 Å². The quantitative estimate of drug-likeness (QED) is 0.770. The van der Waals surface area contributed by atoms with Crippen LogP contribution in [0.5, 0.6) is 0 Å². The largest absolute Gasteiger partial charge is 0.390 e. The molecule has 0 spiro atoms. The Morgan fingerprint density at radius 2 is 1.83 bits per heavy atom. The summed E-state index contributed by atoms with van der Waals surface area (Å²) in [6.07, 6.45) is 0.606. The molecule has 7 nitrogen and oxygen atoms in total. The molecule has 2 amide bonds. The lowest BCUT2D eigenvalue weighted by Gasteiger charge is -2.37. The van der Waals surface area contributed by atoms with E-state index in [1.807, 2.05) is 35.2 Å². The molecule has 2 fully saturated rings. The van der Waals surface area contributed by atoms with Gasteiger partial charge in [-0.25, -0.2) is 0 Å². The summed E-state index contributed by atoms with van der Waals surface area (Å²) in [5.41, 5.74) is 1.05. The van der Waals surface area contributed by atoms with Gasteiger partial charge in [0.15, 0.2) is 6.10 Å². The predicted octanol–water partition coefficient (Wildman–Crippen LogP) is 1.11. The van der Waals surface area contributed by atoms with Gasteiger partial charge in [0, 0.05) is 53.2 Å². The van der Waals surface area contributed by atoms with Gasteiger partial charge in [0.2, 0.25) is 5.91 Å². The molecule has 2 saturated heterocycles. The highest BCUT2D eigenvalue weighted by Crippen LogP contribution is 2.24. The second-order valence-corrected chi connectivity index (χ2v) is 8.14. The third kappa shape index (κ3) is 6.01. The molecule has 1 aromatic rings. The number of carbonyl (C=O) groups is 2. The van der Waals surface area contributed by atoms with E-state index in [1.165, 1.54) is 0 Å². The normalized spacial score (nSPS) is 25.6. The van der Waals surface area contributed by atoms with Crippen LogP contribution in [-0.2, 0) is 20.9 Å². The monoisotopic (exact) mass is 403 g/mol. The number of aliphatic hydroxyl groups excluding tert-OH is 1. The lowest BCUT2D eigenvalue weighted by molar-refractivity contribution is -0.168. The number of aliphatic hydroxyl groups is 1. The number of amides is 2. The van der Waals surface area contributed by atoms with Crippen LogP contribution in [-0.4, -0.2) is 89.7 Å². The minimum Gasteiger partial charge on any atom is -0.390 e. The number of hydrogen-bond acceptors (Lipinski definition) is 5. The molecule has 3 atom stereocenters. The van der Waals surface area contributed by atoms with Gasteiger partial charge in [-0.05, 0) is 24.8 Å². The summed E-state index contributed by atoms with van der Waals surface area (Å²) >= 11 is 0. The highest BCUT2D eigenvalue weighted by Gasteiger charge is 2.36. The fraction of sp³-hybridized carbons (Fsp3) is 0.636. The Morgan fingerprint density at radius 3 is 2.48 bits per heavy atom. The fourth-order valence-corrected chi connectivity index (χ4v) is 4.07. The van der Waals surface area contributed by atoms with Gasteiger partial charge in [0.1, 0.15) is 0 Å². The maximum atomic E-state index is 12.9. The van der Waals surface area contributed by atoms with Crippen molar-refractivity contribution in [2.45, 2.75) is 51.0 Å². The SMILES string of the molecule is CC(=O)N1CCN(CC[C@H]2CC[C@H](O)[C@@H](C(=O)N(C)Cc3ccccc3)O2)CC1. The minimum absolute atomic E-state index is 0.0247. The maximum absolute atomic E-state index is 12.9. The summed E-state index contributed by atoms with van der Waals surface area (Å²) in [4.78, 5) is 30.1. The number of nitrogens with zero attached hydrogens (tertiary/aromatic N) is 3. The van der Waals surface area contributed by atoms with Crippen molar-refractivity contribution in [2.24, 2.45) is 0 Å². The van der Waals surface area contributed by atoms with E-state index in [-0.39, 0.29) is 17.9 Å². The van der Waals surface area contributed by atoms with Crippen molar-refractivity contribution in [3.8, 4) is 0 Å². The fourth-order valence-electron chi connectivity index (χ4n) is 4.07. The average Bonchev–Trinajstić information content (AvgIpc) is 2.73. The number of ether oxygens (including phenoxy) is 1. The molecule has 0 unspecified atom stereocenters. The Balaban J connectivity index is 1.47. The molecule has 29 heavy (non-hydrogen) atoms. The molecule has 0 aliphatic carbocycles. The third-order valence-electron chi connectivity index (χ3n) is 5.94. The standard InChI is InChI=1S/C22H33N3O4/c1-17(26)25-14-12-24(13-15-25)11-10-19-8-9-20(27)21(29-19)22(28)23(2)16-18-6-4-3-5-7-18/h3-7,19-21,27H,8-16H2,1-2H3/t19-,20+,21+/m1/s1. The molecule has 1 N–H and O–H groups in total. The molecule has 1 aromatic carbocycles. The summed E-state index contributed by atoms with van der Waals surface area (Å²) in [5.74, 6) is -0.0312. The van der Waals surface area contributed by atoms with Crippen molar-refractivity contribution >= 4 is 11.8 Å². The molecule has 7 heteroatoms. The van der Waals surface area contributed by atoms with Gasteiger partial charge in [-0.15, -0.1) is 0 Å². The molecular formula is C22H33N3O4. The van der Waals surface area contributed by atoms with Gasteiger partial charge < -0.3 is 19.6 Å². The Labute approximate surface area is 173 Å². The van der Waals surface area contributed by atoms with Crippen LogP contribution in [0, 0.1) is 0 Å². The summed E-state index contributed by atoms with van der Waals surface area (Å²) < 4.78 is 6.04. The number of piperazine rings is 1. The number of carbonyl (C=O) groups excluding carboxylic acids is 2. The van der Waals surface area contributed by atoms with Gasteiger partial charge >= 0.3 is 0 Å². The predicted molar refractivity (Wildman–Crippen MR) is 110 cm³/mol. The molecule has 2 heterocycles.